The van der Waals surface area contributed by atoms with Crippen LogP contribution in [0.5, 0.6) is 0 Å². The van der Waals surface area contributed by atoms with Gasteiger partial charge in [-0.25, -0.2) is 13.2 Å². The van der Waals surface area contributed by atoms with Gasteiger partial charge >= 0.3 is 5.63 Å². The maximum atomic E-state index is 12.6. The quantitative estimate of drug-likeness (QED) is 0.768. The predicted molar refractivity (Wildman–Crippen MR) is 89.4 cm³/mol. The first-order valence-corrected chi connectivity index (χ1v) is 9.33. The minimum Gasteiger partial charge on any atom is -0.422 e. The molecule has 0 saturated carbocycles. The second-order valence-corrected chi connectivity index (χ2v) is 7.83. The van der Waals surface area contributed by atoms with Gasteiger partial charge < -0.3 is 9.32 Å². The molecule has 0 atom stereocenters. The van der Waals surface area contributed by atoms with Crippen LogP contribution < -0.4 is 5.63 Å². The molecule has 0 aliphatic carbocycles. The maximum Gasteiger partial charge on any atom is 0.349 e. The molecule has 0 unspecified atom stereocenters. The molecule has 24 heavy (non-hydrogen) atoms. The molecule has 1 fully saturated rings. The van der Waals surface area contributed by atoms with Gasteiger partial charge in [-0.05, 0) is 19.1 Å². The largest absolute Gasteiger partial charge is 0.422 e. The van der Waals surface area contributed by atoms with E-state index in [9.17, 15) is 18.0 Å². The van der Waals surface area contributed by atoms with Gasteiger partial charge in [0.1, 0.15) is 11.1 Å². The Morgan fingerprint density at radius 3 is 2.50 bits per heavy atom. The molecular formula is C16H18N2O5S. The third-order valence-corrected chi connectivity index (χ3v) is 6.04. The highest BCUT2D eigenvalue weighted by atomic mass is 32.2. The lowest BCUT2D eigenvalue weighted by atomic mass is 10.1. The number of para-hydroxylation sites is 1. The summed E-state index contributed by atoms with van der Waals surface area (Å²) in [5.74, 6) is -0.391. The number of hydrogen-bond acceptors (Lipinski definition) is 5. The SMILES string of the molecule is CCS(=O)(=O)N1CCN(C(=O)c2cc3ccccc3oc2=O)CC1. The molecule has 8 heteroatoms. The van der Waals surface area contributed by atoms with Crippen molar-refractivity contribution in [1.29, 1.82) is 0 Å². The van der Waals surface area contributed by atoms with Crippen molar-refractivity contribution in [2.75, 3.05) is 31.9 Å². The number of rotatable bonds is 3. The van der Waals surface area contributed by atoms with Gasteiger partial charge in [0, 0.05) is 31.6 Å². The van der Waals surface area contributed by atoms with Gasteiger partial charge in [0.05, 0.1) is 5.75 Å². The van der Waals surface area contributed by atoms with Crippen molar-refractivity contribution in [2.24, 2.45) is 0 Å². The topological polar surface area (TPSA) is 87.9 Å². The molecule has 128 valence electrons. The van der Waals surface area contributed by atoms with E-state index in [2.05, 4.69) is 0 Å². The van der Waals surface area contributed by atoms with Crippen molar-refractivity contribution in [3.63, 3.8) is 0 Å². The summed E-state index contributed by atoms with van der Waals surface area (Å²) < 4.78 is 30.3. The van der Waals surface area contributed by atoms with Gasteiger partial charge in [-0.15, -0.1) is 0 Å². The zero-order chi connectivity index (χ0) is 17.3. The summed E-state index contributed by atoms with van der Waals surface area (Å²) in [5, 5.41) is 0.674. The van der Waals surface area contributed by atoms with Gasteiger partial charge in [0.25, 0.3) is 5.91 Å². The molecule has 1 saturated heterocycles. The van der Waals surface area contributed by atoms with E-state index in [1.54, 1.807) is 31.2 Å². The second kappa shape index (κ2) is 6.37. The van der Waals surface area contributed by atoms with Gasteiger partial charge in [0.15, 0.2) is 0 Å². The van der Waals surface area contributed by atoms with E-state index >= 15 is 0 Å². The van der Waals surface area contributed by atoms with Crippen LogP contribution in [0, 0.1) is 0 Å². The Labute approximate surface area is 139 Å². The lowest BCUT2D eigenvalue weighted by Crippen LogP contribution is -2.51. The fourth-order valence-corrected chi connectivity index (χ4v) is 3.82. The van der Waals surface area contributed by atoms with Crippen LogP contribution in [0.1, 0.15) is 17.3 Å². The van der Waals surface area contributed by atoms with Crippen molar-refractivity contribution in [3.8, 4) is 0 Å². The Bertz CT molecular complexity index is 927. The Morgan fingerprint density at radius 1 is 1.17 bits per heavy atom. The Morgan fingerprint density at radius 2 is 1.83 bits per heavy atom. The smallest absolute Gasteiger partial charge is 0.349 e. The lowest BCUT2D eigenvalue weighted by Gasteiger charge is -2.33. The molecule has 1 aromatic carbocycles. The van der Waals surface area contributed by atoms with Gasteiger partial charge in [0.2, 0.25) is 10.0 Å². The number of nitrogens with zero attached hydrogens (tertiary/aromatic N) is 2. The zero-order valence-electron chi connectivity index (χ0n) is 13.3. The molecule has 1 aliphatic rings. The van der Waals surface area contributed by atoms with Crippen molar-refractivity contribution >= 4 is 26.9 Å². The van der Waals surface area contributed by atoms with Crippen molar-refractivity contribution < 1.29 is 17.6 Å². The van der Waals surface area contributed by atoms with Crippen LogP contribution in [0.2, 0.25) is 0 Å². The summed E-state index contributed by atoms with van der Waals surface area (Å²) in [7, 11) is -3.26. The number of carbonyl (C=O) groups is 1. The summed E-state index contributed by atoms with van der Waals surface area (Å²) in [6.07, 6.45) is 0. The molecule has 0 spiro atoms. The number of amides is 1. The molecule has 3 rings (SSSR count). The summed E-state index contributed by atoms with van der Waals surface area (Å²) in [4.78, 5) is 26.1. The van der Waals surface area contributed by atoms with Crippen LogP contribution in [0.25, 0.3) is 11.0 Å². The summed E-state index contributed by atoms with van der Waals surface area (Å²) in [6, 6.07) is 8.50. The first-order valence-electron chi connectivity index (χ1n) is 7.72. The molecule has 2 aromatic rings. The Balaban J connectivity index is 1.81. The first kappa shape index (κ1) is 16.7. The fraction of sp³-hybridized carbons (Fsp3) is 0.375. The minimum absolute atomic E-state index is 0.0273. The monoisotopic (exact) mass is 350 g/mol. The van der Waals surface area contributed by atoms with Crippen LogP contribution in [-0.2, 0) is 10.0 Å². The highest BCUT2D eigenvalue weighted by Gasteiger charge is 2.29. The van der Waals surface area contributed by atoms with E-state index in [-0.39, 0.29) is 37.5 Å². The molecule has 1 aliphatic heterocycles. The molecule has 2 heterocycles. The highest BCUT2D eigenvalue weighted by Crippen LogP contribution is 2.15. The van der Waals surface area contributed by atoms with E-state index in [1.807, 2.05) is 0 Å². The standard InChI is InChI=1S/C16H18N2O5S/c1-2-24(21,22)18-9-7-17(8-10-18)15(19)13-11-12-5-3-4-6-14(12)23-16(13)20/h3-6,11H,2,7-10H2,1H3. The van der Waals surface area contributed by atoms with Crippen LogP contribution in [0.3, 0.4) is 0 Å². The second-order valence-electron chi connectivity index (χ2n) is 5.58. The normalized spacial score (nSPS) is 16.5. The van der Waals surface area contributed by atoms with Crippen molar-refractivity contribution in [3.05, 3.63) is 46.3 Å². The van der Waals surface area contributed by atoms with E-state index in [1.165, 1.54) is 15.3 Å². The lowest BCUT2D eigenvalue weighted by molar-refractivity contribution is 0.0694. The van der Waals surface area contributed by atoms with Crippen molar-refractivity contribution in [2.45, 2.75) is 6.92 Å². The molecule has 0 bridgehead atoms. The predicted octanol–water partition coefficient (Wildman–Crippen LogP) is 0.900. The molecule has 1 amide bonds. The summed E-state index contributed by atoms with van der Waals surface area (Å²) >= 11 is 0. The van der Waals surface area contributed by atoms with Crippen LogP contribution in [0.15, 0.2) is 39.5 Å². The van der Waals surface area contributed by atoms with Crippen molar-refractivity contribution in [1.82, 2.24) is 9.21 Å². The van der Waals surface area contributed by atoms with E-state index in [0.29, 0.717) is 11.0 Å². The van der Waals surface area contributed by atoms with E-state index in [4.69, 9.17) is 4.42 Å². The average molecular weight is 350 g/mol. The van der Waals surface area contributed by atoms with Gasteiger partial charge in [-0.2, -0.15) is 4.31 Å². The van der Waals surface area contributed by atoms with Crippen LogP contribution in [0.4, 0.5) is 0 Å². The number of piperazine rings is 1. The third kappa shape index (κ3) is 3.07. The highest BCUT2D eigenvalue weighted by molar-refractivity contribution is 7.89. The number of hydrogen-bond donors (Lipinski definition) is 0. The number of sulfonamides is 1. The molecule has 7 nitrogen and oxygen atoms in total. The van der Waals surface area contributed by atoms with Crippen LogP contribution >= 0.6 is 0 Å². The number of fused-ring (bicyclic) bond motifs is 1. The van der Waals surface area contributed by atoms with E-state index < -0.39 is 21.6 Å². The third-order valence-electron chi connectivity index (χ3n) is 4.16. The summed E-state index contributed by atoms with van der Waals surface area (Å²) in [5.41, 5.74) is -0.277. The zero-order valence-corrected chi connectivity index (χ0v) is 14.1. The first-order chi connectivity index (χ1) is 11.4. The van der Waals surface area contributed by atoms with E-state index in [0.717, 1.165) is 0 Å². The fourth-order valence-electron chi connectivity index (χ4n) is 2.73. The molecule has 0 radical (unpaired) electrons. The Hall–Kier alpha value is -2.19. The molecule has 0 N–H and O–H groups in total. The summed E-state index contributed by atoms with van der Waals surface area (Å²) in [6.45, 7) is 2.57. The molecule has 1 aromatic heterocycles. The maximum absolute atomic E-state index is 12.6. The number of benzene rings is 1. The molecular weight excluding hydrogens is 332 g/mol. The Kier molecular flexibility index (Phi) is 4.42. The minimum atomic E-state index is -3.26. The van der Waals surface area contributed by atoms with Gasteiger partial charge in [-0.3, -0.25) is 4.79 Å². The van der Waals surface area contributed by atoms with Gasteiger partial charge in [-0.1, -0.05) is 18.2 Å². The average Bonchev–Trinajstić information content (AvgIpc) is 2.60. The number of carbonyl (C=O) groups excluding carboxylic acids is 1. The van der Waals surface area contributed by atoms with Crippen LogP contribution in [-0.4, -0.2) is 55.5 Å².